The summed E-state index contributed by atoms with van der Waals surface area (Å²) in [5, 5.41) is 0.305. The average molecular weight is 327 g/mol. The van der Waals surface area contributed by atoms with E-state index in [0.717, 1.165) is 13.1 Å². The molecule has 120 valence electrons. The van der Waals surface area contributed by atoms with E-state index in [0.29, 0.717) is 30.7 Å². The summed E-state index contributed by atoms with van der Waals surface area (Å²) in [7, 11) is 2.06. The van der Waals surface area contributed by atoms with Crippen molar-refractivity contribution in [1.29, 1.82) is 0 Å². The van der Waals surface area contributed by atoms with Gasteiger partial charge in [-0.25, -0.2) is 4.39 Å². The number of hydrogen-bond acceptors (Lipinski definition) is 3. The first-order chi connectivity index (χ1) is 10.5. The predicted octanol–water partition coefficient (Wildman–Crippen LogP) is 1.81. The number of rotatable bonds is 2. The molecule has 2 aliphatic rings. The Balaban J connectivity index is 1.79. The molecule has 3 rings (SSSR count). The average Bonchev–Trinajstić information content (AvgIpc) is 2.73. The molecule has 0 aromatic heterocycles. The molecule has 0 unspecified atom stereocenters. The van der Waals surface area contributed by atoms with Crippen LogP contribution in [0.5, 0.6) is 0 Å². The first kappa shape index (κ1) is 15.7. The van der Waals surface area contributed by atoms with Crippen LogP contribution in [-0.4, -0.2) is 61.6 Å². The van der Waals surface area contributed by atoms with Crippen LogP contribution in [0.1, 0.15) is 5.56 Å². The van der Waals surface area contributed by atoms with Crippen LogP contribution in [0.15, 0.2) is 18.2 Å². The summed E-state index contributed by atoms with van der Waals surface area (Å²) >= 11 is 6.04. The number of hydrogen-bond donors (Lipinski definition) is 0. The van der Waals surface area contributed by atoms with Gasteiger partial charge >= 0.3 is 0 Å². The van der Waals surface area contributed by atoms with Gasteiger partial charge in [0.2, 0.25) is 5.91 Å². The second-order valence-corrected chi connectivity index (χ2v) is 6.61. The summed E-state index contributed by atoms with van der Waals surface area (Å²) in [6, 6.07) is 4.53. The number of carbonyl (C=O) groups is 1. The molecule has 2 fully saturated rings. The van der Waals surface area contributed by atoms with Crippen LogP contribution in [0.3, 0.4) is 0 Å². The standard InChI is InChI=1S/C16H20ClFN2O2/c1-19-6-11-7-20(12(8-19)10-22-9-11)16(21)5-13-14(17)3-2-4-15(13)18/h2-4,11-12H,5-10H2,1H3/t11-,12-/m0/s1. The fourth-order valence-electron chi connectivity index (χ4n) is 3.34. The highest BCUT2D eigenvalue weighted by molar-refractivity contribution is 6.31. The Morgan fingerprint density at radius 2 is 2.18 bits per heavy atom. The first-order valence-electron chi connectivity index (χ1n) is 7.53. The summed E-state index contributed by atoms with van der Waals surface area (Å²) in [5.74, 6) is -0.202. The summed E-state index contributed by atoms with van der Waals surface area (Å²) < 4.78 is 19.6. The summed E-state index contributed by atoms with van der Waals surface area (Å²) in [4.78, 5) is 16.8. The number of nitrogens with zero attached hydrogens (tertiary/aromatic N) is 2. The third-order valence-corrected chi connectivity index (χ3v) is 4.72. The van der Waals surface area contributed by atoms with E-state index in [4.69, 9.17) is 16.3 Å². The van der Waals surface area contributed by atoms with Crippen LogP contribution < -0.4 is 0 Å². The van der Waals surface area contributed by atoms with Crippen molar-refractivity contribution >= 4 is 17.5 Å². The molecule has 2 saturated heterocycles. The molecule has 1 aromatic rings. The minimum absolute atomic E-state index is 0.00155. The molecule has 2 aliphatic heterocycles. The molecule has 1 amide bonds. The minimum Gasteiger partial charge on any atom is -0.379 e. The maximum absolute atomic E-state index is 13.9. The van der Waals surface area contributed by atoms with Crippen LogP contribution in [0.25, 0.3) is 0 Å². The molecule has 1 aromatic carbocycles. The van der Waals surface area contributed by atoms with Crippen molar-refractivity contribution in [3.63, 3.8) is 0 Å². The fraction of sp³-hybridized carbons (Fsp3) is 0.562. The normalized spacial score (nSPS) is 25.9. The molecule has 0 saturated carbocycles. The third kappa shape index (κ3) is 3.26. The summed E-state index contributed by atoms with van der Waals surface area (Å²) in [5.41, 5.74) is 0.280. The number of fused-ring (bicyclic) bond motifs is 3. The lowest BCUT2D eigenvalue weighted by atomic mass is 10.1. The molecule has 2 bridgehead atoms. The summed E-state index contributed by atoms with van der Waals surface area (Å²) in [6.07, 6.45) is -0.00155. The zero-order valence-corrected chi connectivity index (χ0v) is 13.4. The van der Waals surface area contributed by atoms with Gasteiger partial charge in [0.05, 0.1) is 25.7 Å². The van der Waals surface area contributed by atoms with Gasteiger partial charge in [-0.1, -0.05) is 17.7 Å². The van der Waals surface area contributed by atoms with Crippen LogP contribution in [0.2, 0.25) is 5.02 Å². The monoisotopic (exact) mass is 326 g/mol. The lowest BCUT2D eigenvalue weighted by Gasteiger charge is -2.30. The highest BCUT2D eigenvalue weighted by atomic mass is 35.5. The van der Waals surface area contributed by atoms with Crippen LogP contribution >= 0.6 is 11.6 Å². The molecule has 0 radical (unpaired) electrons. The predicted molar refractivity (Wildman–Crippen MR) is 82.4 cm³/mol. The van der Waals surface area contributed by atoms with Crippen LogP contribution in [0, 0.1) is 11.7 Å². The lowest BCUT2D eigenvalue weighted by Crippen LogP contribution is -2.46. The number of ether oxygens (including phenoxy) is 1. The largest absolute Gasteiger partial charge is 0.379 e. The fourth-order valence-corrected chi connectivity index (χ4v) is 3.57. The Labute approximate surface area is 134 Å². The van der Waals surface area contributed by atoms with E-state index in [1.165, 1.54) is 6.07 Å². The molecule has 0 spiro atoms. The molecule has 0 N–H and O–H groups in total. The summed E-state index contributed by atoms with van der Waals surface area (Å²) in [6.45, 7) is 3.58. The second kappa shape index (κ2) is 6.52. The van der Waals surface area contributed by atoms with Crippen molar-refractivity contribution in [3.05, 3.63) is 34.6 Å². The Hall–Kier alpha value is -1.17. The molecule has 4 nitrogen and oxygen atoms in total. The maximum Gasteiger partial charge on any atom is 0.227 e. The van der Waals surface area contributed by atoms with E-state index in [9.17, 15) is 9.18 Å². The van der Waals surface area contributed by atoms with Crippen LogP contribution in [0.4, 0.5) is 4.39 Å². The van der Waals surface area contributed by atoms with Crippen molar-refractivity contribution in [2.45, 2.75) is 12.5 Å². The van der Waals surface area contributed by atoms with Crippen molar-refractivity contribution in [2.75, 3.05) is 39.9 Å². The lowest BCUT2D eigenvalue weighted by molar-refractivity contribution is -0.133. The van der Waals surface area contributed by atoms with Crippen molar-refractivity contribution in [2.24, 2.45) is 5.92 Å². The van der Waals surface area contributed by atoms with Gasteiger partial charge < -0.3 is 14.5 Å². The van der Waals surface area contributed by atoms with Gasteiger partial charge in [0.1, 0.15) is 5.82 Å². The molecular weight excluding hydrogens is 307 g/mol. The first-order valence-corrected chi connectivity index (χ1v) is 7.91. The highest BCUT2D eigenvalue weighted by Gasteiger charge is 2.34. The third-order valence-electron chi connectivity index (χ3n) is 4.36. The number of carbonyl (C=O) groups excluding carboxylic acids is 1. The Morgan fingerprint density at radius 3 is 2.95 bits per heavy atom. The van der Waals surface area contributed by atoms with E-state index in [-0.39, 0.29) is 23.9 Å². The Morgan fingerprint density at radius 1 is 1.36 bits per heavy atom. The maximum atomic E-state index is 13.9. The Kier molecular flexibility index (Phi) is 4.66. The number of halogens is 2. The van der Waals surface area contributed by atoms with Gasteiger partial charge in [-0.3, -0.25) is 4.79 Å². The molecule has 22 heavy (non-hydrogen) atoms. The second-order valence-electron chi connectivity index (χ2n) is 6.20. The number of benzene rings is 1. The van der Waals surface area contributed by atoms with Crippen LogP contribution in [-0.2, 0) is 16.0 Å². The van der Waals surface area contributed by atoms with Gasteiger partial charge in [-0.05, 0) is 19.2 Å². The van der Waals surface area contributed by atoms with E-state index < -0.39 is 5.82 Å². The van der Waals surface area contributed by atoms with E-state index in [1.54, 1.807) is 12.1 Å². The van der Waals surface area contributed by atoms with Crippen molar-refractivity contribution < 1.29 is 13.9 Å². The van der Waals surface area contributed by atoms with Crippen molar-refractivity contribution in [3.8, 4) is 0 Å². The number of likely N-dealkylation sites (N-methyl/N-ethyl adjacent to an activating group) is 1. The zero-order chi connectivity index (χ0) is 15.7. The van der Waals surface area contributed by atoms with Gasteiger partial charge in [0, 0.05) is 36.1 Å². The minimum atomic E-state index is -0.424. The topological polar surface area (TPSA) is 32.8 Å². The molecule has 2 atom stereocenters. The molecule has 0 aliphatic carbocycles. The van der Waals surface area contributed by atoms with E-state index in [2.05, 4.69) is 11.9 Å². The molecular formula is C16H20ClFN2O2. The number of amides is 1. The highest BCUT2D eigenvalue weighted by Crippen LogP contribution is 2.23. The molecule has 6 heteroatoms. The van der Waals surface area contributed by atoms with Crippen molar-refractivity contribution in [1.82, 2.24) is 9.80 Å². The van der Waals surface area contributed by atoms with Gasteiger partial charge in [-0.15, -0.1) is 0 Å². The quantitative estimate of drug-likeness (QED) is 0.831. The zero-order valence-electron chi connectivity index (χ0n) is 12.6. The molecule has 2 heterocycles. The van der Waals surface area contributed by atoms with Gasteiger partial charge in [-0.2, -0.15) is 0 Å². The van der Waals surface area contributed by atoms with E-state index >= 15 is 0 Å². The van der Waals surface area contributed by atoms with Gasteiger partial charge in [0.25, 0.3) is 0 Å². The smallest absolute Gasteiger partial charge is 0.227 e. The van der Waals surface area contributed by atoms with Gasteiger partial charge in [0.15, 0.2) is 0 Å². The Bertz CT molecular complexity index is 549. The SMILES string of the molecule is CN1C[C@@H]2COC[C@H](C1)N(C(=O)Cc1c(F)cccc1Cl)C2. The van der Waals surface area contributed by atoms with E-state index in [1.807, 2.05) is 4.90 Å².